The zero-order valence-electron chi connectivity index (χ0n) is 11.4. The molecular weight excluding hydrogens is 276 g/mol. The fourth-order valence-electron chi connectivity index (χ4n) is 1.58. The molecule has 0 radical (unpaired) electrons. The minimum absolute atomic E-state index is 0.0178. The van der Waals surface area contributed by atoms with E-state index >= 15 is 0 Å². The van der Waals surface area contributed by atoms with Gasteiger partial charge in [0.05, 0.1) is 11.3 Å². The van der Waals surface area contributed by atoms with Gasteiger partial charge in [-0.25, -0.2) is 9.78 Å². The first kappa shape index (κ1) is 14.5. The molecule has 2 aromatic rings. The van der Waals surface area contributed by atoms with Gasteiger partial charge in [0.2, 0.25) is 5.82 Å². The minimum atomic E-state index is -1.16. The highest BCUT2D eigenvalue weighted by atomic mass is 16.4. The summed E-state index contributed by atoms with van der Waals surface area (Å²) in [5.41, 5.74) is -0.0725. The quantitative estimate of drug-likeness (QED) is 0.633. The first-order valence-electron chi connectivity index (χ1n) is 6.18. The molecule has 0 spiro atoms. The summed E-state index contributed by atoms with van der Waals surface area (Å²) in [6.45, 7) is 3.79. The number of nitrogens with zero attached hydrogens (tertiary/aromatic N) is 2. The SMILES string of the molecule is CC(C)c1nc(C(=O)Nc2cc(C(=O)O)ccc2O)n[nH]1. The number of benzene rings is 1. The van der Waals surface area contributed by atoms with Gasteiger partial charge in [0.1, 0.15) is 11.6 Å². The summed E-state index contributed by atoms with van der Waals surface area (Å²) < 4.78 is 0. The number of rotatable bonds is 4. The first-order chi connectivity index (χ1) is 9.88. The lowest BCUT2D eigenvalue weighted by Gasteiger charge is -2.06. The molecule has 0 saturated carbocycles. The lowest BCUT2D eigenvalue weighted by molar-refractivity contribution is 0.0696. The molecular formula is C13H14N4O4. The number of carbonyl (C=O) groups excluding carboxylic acids is 1. The highest BCUT2D eigenvalue weighted by Crippen LogP contribution is 2.24. The molecule has 0 aliphatic rings. The van der Waals surface area contributed by atoms with Gasteiger partial charge in [-0.15, -0.1) is 5.10 Å². The zero-order valence-corrected chi connectivity index (χ0v) is 11.4. The van der Waals surface area contributed by atoms with E-state index in [0.29, 0.717) is 5.82 Å². The van der Waals surface area contributed by atoms with Crippen molar-refractivity contribution in [2.45, 2.75) is 19.8 Å². The van der Waals surface area contributed by atoms with E-state index in [9.17, 15) is 14.7 Å². The molecule has 1 aromatic carbocycles. The first-order valence-corrected chi connectivity index (χ1v) is 6.18. The number of aromatic nitrogens is 3. The number of hydrogen-bond donors (Lipinski definition) is 4. The summed E-state index contributed by atoms with van der Waals surface area (Å²) in [6, 6.07) is 3.58. The van der Waals surface area contributed by atoms with Crippen LogP contribution >= 0.6 is 0 Å². The fourth-order valence-corrected chi connectivity index (χ4v) is 1.58. The number of aromatic amines is 1. The van der Waals surface area contributed by atoms with Crippen LogP contribution in [-0.2, 0) is 0 Å². The summed E-state index contributed by atoms with van der Waals surface area (Å²) >= 11 is 0. The molecule has 1 heterocycles. The Morgan fingerprint density at radius 3 is 2.62 bits per heavy atom. The number of hydrogen-bond acceptors (Lipinski definition) is 5. The molecule has 110 valence electrons. The summed E-state index contributed by atoms with van der Waals surface area (Å²) in [5, 5.41) is 27.3. The Morgan fingerprint density at radius 2 is 2.05 bits per heavy atom. The lowest BCUT2D eigenvalue weighted by atomic mass is 10.2. The van der Waals surface area contributed by atoms with E-state index in [0.717, 1.165) is 6.07 Å². The van der Waals surface area contributed by atoms with Crippen molar-refractivity contribution in [1.29, 1.82) is 0 Å². The van der Waals surface area contributed by atoms with Crippen LogP contribution in [0.5, 0.6) is 5.75 Å². The van der Waals surface area contributed by atoms with Gasteiger partial charge in [-0.1, -0.05) is 13.8 Å². The van der Waals surface area contributed by atoms with Crippen LogP contribution in [0.15, 0.2) is 18.2 Å². The van der Waals surface area contributed by atoms with Gasteiger partial charge in [0, 0.05) is 5.92 Å². The van der Waals surface area contributed by atoms with Gasteiger partial charge in [-0.05, 0) is 18.2 Å². The van der Waals surface area contributed by atoms with E-state index in [1.807, 2.05) is 13.8 Å². The molecule has 0 atom stereocenters. The van der Waals surface area contributed by atoms with E-state index in [-0.39, 0.29) is 28.7 Å². The molecule has 0 saturated heterocycles. The Kier molecular flexibility index (Phi) is 3.88. The number of H-pyrrole nitrogens is 1. The van der Waals surface area contributed by atoms with Crippen LogP contribution in [0, 0.1) is 0 Å². The standard InChI is InChI=1S/C13H14N4O4/c1-6(2)10-15-11(17-16-10)12(19)14-8-5-7(13(20)21)3-4-9(8)18/h3-6,18H,1-2H3,(H,14,19)(H,20,21)(H,15,16,17). The van der Waals surface area contributed by atoms with Crippen molar-refractivity contribution in [2.24, 2.45) is 0 Å². The third-order valence-corrected chi connectivity index (χ3v) is 2.74. The van der Waals surface area contributed by atoms with E-state index in [4.69, 9.17) is 5.11 Å². The molecule has 2 rings (SSSR count). The maximum Gasteiger partial charge on any atom is 0.335 e. The number of aromatic carboxylic acids is 1. The molecule has 1 aromatic heterocycles. The molecule has 4 N–H and O–H groups in total. The molecule has 0 unspecified atom stereocenters. The maximum absolute atomic E-state index is 12.0. The summed E-state index contributed by atoms with van der Waals surface area (Å²) in [5.74, 6) is -1.49. The summed E-state index contributed by atoms with van der Waals surface area (Å²) in [6.07, 6.45) is 0. The van der Waals surface area contributed by atoms with Gasteiger partial charge in [0.15, 0.2) is 0 Å². The second-order valence-corrected chi connectivity index (χ2v) is 4.69. The molecule has 0 fully saturated rings. The number of phenolic OH excluding ortho intramolecular Hbond substituents is 1. The topological polar surface area (TPSA) is 128 Å². The van der Waals surface area contributed by atoms with Crippen LogP contribution in [0.1, 0.15) is 46.6 Å². The van der Waals surface area contributed by atoms with Gasteiger partial charge >= 0.3 is 5.97 Å². The van der Waals surface area contributed by atoms with Crippen molar-refractivity contribution < 1.29 is 19.8 Å². The summed E-state index contributed by atoms with van der Waals surface area (Å²) in [7, 11) is 0. The van der Waals surface area contributed by atoms with Crippen LogP contribution in [0.3, 0.4) is 0 Å². The second-order valence-electron chi connectivity index (χ2n) is 4.69. The van der Waals surface area contributed by atoms with Crippen LogP contribution < -0.4 is 5.32 Å². The fraction of sp³-hybridized carbons (Fsp3) is 0.231. The van der Waals surface area contributed by atoms with Crippen molar-refractivity contribution in [3.05, 3.63) is 35.4 Å². The molecule has 0 aliphatic heterocycles. The third-order valence-electron chi connectivity index (χ3n) is 2.74. The Hall–Kier alpha value is -2.90. The Balaban J connectivity index is 2.22. The molecule has 0 aliphatic carbocycles. The smallest absolute Gasteiger partial charge is 0.335 e. The number of aromatic hydroxyl groups is 1. The van der Waals surface area contributed by atoms with Crippen molar-refractivity contribution in [1.82, 2.24) is 15.2 Å². The zero-order chi connectivity index (χ0) is 15.6. The number of carboxylic acid groups (broad SMARTS) is 1. The molecule has 8 heteroatoms. The Morgan fingerprint density at radius 1 is 1.33 bits per heavy atom. The van der Waals surface area contributed by atoms with Crippen LogP contribution in [0.4, 0.5) is 5.69 Å². The monoisotopic (exact) mass is 290 g/mol. The molecule has 1 amide bonds. The normalized spacial score (nSPS) is 10.6. The van der Waals surface area contributed by atoms with Gasteiger partial charge in [-0.3, -0.25) is 9.89 Å². The van der Waals surface area contributed by atoms with Crippen molar-refractivity contribution in [3.63, 3.8) is 0 Å². The largest absolute Gasteiger partial charge is 0.506 e. The molecule has 8 nitrogen and oxygen atoms in total. The van der Waals surface area contributed by atoms with Gasteiger partial charge in [0.25, 0.3) is 5.91 Å². The number of phenols is 1. The molecule has 0 bridgehead atoms. The van der Waals surface area contributed by atoms with Crippen molar-refractivity contribution in [2.75, 3.05) is 5.32 Å². The number of carbonyl (C=O) groups is 2. The Labute approximate surface area is 119 Å². The predicted molar refractivity (Wildman–Crippen MR) is 73.5 cm³/mol. The van der Waals surface area contributed by atoms with E-state index in [1.165, 1.54) is 12.1 Å². The van der Waals surface area contributed by atoms with Gasteiger partial charge in [-0.2, -0.15) is 0 Å². The van der Waals surface area contributed by atoms with E-state index in [2.05, 4.69) is 20.5 Å². The van der Waals surface area contributed by atoms with Gasteiger partial charge < -0.3 is 15.5 Å². The maximum atomic E-state index is 12.0. The number of anilines is 1. The molecule has 21 heavy (non-hydrogen) atoms. The van der Waals surface area contributed by atoms with E-state index in [1.54, 1.807) is 0 Å². The third kappa shape index (κ3) is 3.16. The lowest BCUT2D eigenvalue weighted by Crippen LogP contribution is -2.14. The van der Waals surface area contributed by atoms with Crippen molar-refractivity contribution in [3.8, 4) is 5.75 Å². The van der Waals surface area contributed by atoms with Crippen molar-refractivity contribution >= 4 is 17.6 Å². The minimum Gasteiger partial charge on any atom is -0.506 e. The average molecular weight is 290 g/mol. The van der Waals surface area contributed by atoms with E-state index < -0.39 is 11.9 Å². The highest BCUT2D eigenvalue weighted by Gasteiger charge is 2.16. The predicted octanol–water partition coefficient (Wildman–Crippen LogP) is 1.58. The van der Waals surface area contributed by atoms with Crippen LogP contribution in [-0.4, -0.2) is 37.3 Å². The Bertz CT molecular complexity index is 693. The second kappa shape index (κ2) is 5.61. The summed E-state index contributed by atoms with van der Waals surface area (Å²) in [4.78, 5) is 26.9. The number of carboxylic acids is 1. The van der Waals surface area contributed by atoms with Crippen LogP contribution in [0.2, 0.25) is 0 Å². The highest BCUT2D eigenvalue weighted by molar-refractivity contribution is 6.03. The number of amides is 1. The van der Waals surface area contributed by atoms with Crippen LogP contribution in [0.25, 0.3) is 0 Å². The number of nitrogens with one attached hydrogen (secondary N) is 2. The average Bonchev–Trinajstić information content (AvgIpc) is 2.90.